The molecule has 0 spiro atoms. The van der Waals surface area contributed by atoms with Crippen molar-refractivity contribution in [1.29, 1.82) is 0 Å². The third kappa shape index (κ3) is 4.13. The van der Waals surface area contributed by atoms with Crippen molar-refractivity contribution >= 4 is 21.9 Å². The zero-order valence-electron chi connectivity index (χ0n) is 17.8. The van der Waals surface area contributed by atoms with E-state index in [0.717, 1.165) is 5.56 Å². The van der Waals surface area contributed by atoms with E-state index in [2.05, 4.69) is 24.3 Å². The first-order valence-electron chi connectivity index (χ1n) is 10.4. The van der Waals surface area contributed by atoms with Crippen LogP contribution in [0.5, 0.6) is 0 Å². The predicted molar refractivity (Wildman–Crippen MR) is 124 cm³/mol. The van der Waals surface area contributed by atoms with E-state index in [4.69, 9.17) is 0 Å². The minimum Gasteiger partial charge on any atom is -0.390 e. The summed E-state index contributed by atoms with van der Waals surface area (Å²) in [7, 11) is -1.60. The molecular formula is C23H34O4P2. The second-order valence-corrected chi connectivity index (χ2v) is 14.2. The summed E-state index contributed by atoms with van der Waals surface area (Å²) in [4.78, 5) is 0. The fourth-order valence-corrected chi connectivity index (χ4v) is 12.1. The third-order valence-electron chi connectivity index (χ3n) is 6.63. The summed E-state index contributed by atoms with van der Waals surface area (Å²) in [5.74, 6) is 0. The van der Waals surface area contributed by atoms with Crippen molar-refractivity contribution < 1.29 is 20.4 Å². The van der Waals surface area contributed by atoms with Crippen LogP contribution in [0.2, 0.25) is 0 Å². The minimum absolute atomic E-state index is 0.00145. The summed E-state index contributed by atoms with van der Waals surface area (Å²) in [5, 5.41) is 44.6. The van der Waals surface area contributed by atoms with E-state index in [1.807, 2.05) is 52.8 Å². The lowest BCUT2D eigenvalue weighted by Gasteiger charge is -2.33. The molecule has 2 heterocycles. The van der Waals surface area contributed by atoms with Crippen LogP contribution >= 0.6 is 15.8 Å². The van der Waals surface area contributed by atoms with Crippen molar-refractivity contribution in [2.24, 2.45) is 0 Å². The summed E-state index contributed by atoms with van der Waals surface area (Å²) in [5.41, 5.74) is 1.06. The van der Waals surface area contributed by atoms with Crippen LogP contribution in [-0.4, -0.2) is 67.5 Å². The average Bonchev–Trinajstić information content (AvgIpc) is 3.03. The highest BCUT2D eigenvalue weighted by Gasteiger charge is 2.50. The number of rotatable bonds is 4. The van der Waals surface area contributed by atoms with E-state index in [9.17, 15) is 20.4 Å². The van der Waals surface area contributed by atoms with Gasteiger partial charge in [0, 0.05) is 22.6 Å². The topological polar surface area (TPSA) is 80.9 Å². The molecule has 0 bridgehead atoms. The number of hydrogen-bond donors (Lipinski definition) is 4. The molecule has 4 N–H and O–H groups in total. The fraction of sp³-hybridized carbons (Fsp3) is 0.565. The van der Waals surface area contributed by atoms with Crippen LogP contribution in [0.15, 0.2) is 47.0 Å². The first-order chi connectivity index (χ1) is 13.7. The summed E-state index contributed by atoms with van der Waals surface area (Å²) in [6.45, 7) is 10.2. The molecular weight excluding hydrogens is 402 g/mol. The van der Waals surface area contributed by atoms with Gasteiger partial charge in [-0.25, -0.2) is 0 Å². The molecule has 2 aliphatic heterocycles. The van der Waals surface area contributed by atoms with Gasteiger partial charge in [-0.1, -0.05) is 79.9 Å². The summed E-state index contributed by atoms with van der Waals surface area (Å²) in [6, 6.07) is 10.2. The molecule has 1 aromatic carbocycles. The van der Waals surface area contributed by atoms with Crippen LogP contribution in [0.3, 0.4) is 0 Å². The van der Waals surface area contributed by atoms with Crippen LogP contribution in [0.25, 0.3) is 6.08 Å². The fourth-order valence-electron chi connectivity index (χ4n) is 4.84. The molecule has 1 aromatic rings. The maximum atomic E-state index is 10.6. The molecule has 2 unspecified atom stereocenters. The second kappa shape index (κ2) is 9.27. The van der Waals surface area contributed by atoms with Crippen LogP contribution < -0.4 is 0 Å². The maximum absolute atomic E-state index is 10.6. The maximum Gasteiger partial charge on any atom is 0.0872 e. The van der Waals surface area contributed by atoms with E-state index < -0.39 is 40.3 Å². The predicted octanol–water partition coefficient (Wildman–Crippen LogP) is 3.92. The Kier molecular flexibility index (Phi) is 7.37. The van der Waals surface area contributed by atoms with Crippen molar-refractivity contribution in [1.82, 2.24) is 0 Å². The van der Waals surface area contributed by atoms with E-state index >= 15 is 0 Å². The van der Waals surface area contributed by atoms with E-state index in [0.29, 0.717) is 0 Å². The Morgan fingerprint density at radius 2 is 1.07 bits per heavy atom. The van der Waals surface area contributed by atoms with Gasteiger partial charge in [0.2, 0.25) is 0 Å². The first-order valence-corrected chi connectivity index (χ1v) is 13.4. The SMILES string of the molecule is C/C=C(\C(=C/c1ccccc1)P1[C@@H](C)[C@@H](O)[C@H](O)[C@@H]1C)P1C(C)[C@@H](O)[C@H](O)[C@@H]1C. The second-order valence-electron chi connectivity index (χ2n) is 8.35. The minimum atomic E-state index is -0.816. The molecule has 0 radical (unpaired) electrons. The molecule has 6 heteroatoms. The van der Waals surface area contributed by atoms with E-state index in [1.54, 1.807) is 0 Å². The largest absolute Gasteiger partial charge is 0.390 e. The van der Waals surface area contributed by atoms with Crippen molar-refractivity contribution in [2.75, 3.05) is 0 Å². The summed E-state index contributed by atoms with van der Waals surface area (Å²) >= 11 is 0. The van der Waals surface area contributed by atoms with Gasteiger partial charge >= 0.3 is 0 Å². The Hall–Kier alpha value is -0.600. The van der Waals surface area contributed by atoms with E-state index in [-0.39, 0.29) is 22.6 Å². The molecule has 9 atom stereocenters. The van der Waals surface area contributed by atoms with Crippen molar-refractivity contribution in [3.05, 3.63) is 52.6 Å². The van der Waals surface area contributed by atoms with Crippen molar-refractivity contribution in [3.63, 3.8) is 0 Å². The lowest BCUT2D eigenvalue weighted by molar-refractivity contribution is 0.0327. The van der Waals surface area contributed by atoms with Gasteiger partial charge in [0.25, 0.3) is 0 Å². The molecule has 2 saturated heterocycles. The molecule has 160 valence electrons. The smallest absolute Gasteiger partial charge is 0.0872 e. The quantitative estimate of drug-likeness (QED) is 0.426. The standard InChI is InChI=1S/C23H34O4P2/c1-6-18(28-13(2)20(24)21(25)14(28)3)19(12-17-10-8-7-9-11-17)29-15(4)22(26)23(27)16(29)5/h6-16,20-27H,1-5H3/b18-6+,19-12+/t13-,14?,15-,16-,20+,21+,22+,23+,28?/m0/s1. The molecule has 29 heavy (non-hydrogen) atoms. The molecule has 2 aliphatic rings. The molecule has 0 amide bonds. The summed E-state index contributed by atoms with van der Waals surface area (Å²) in [6.07, 6.45) is 1.46. The monoisotopic (exact) mass is 436 g/mol. The van der Waals surface area contributed by atoms with Crippen LogP contribution in [0, 0.1) is 0 Å². The Bertz CT molecular complexity index is 737. The Morgan fingerprint density at radius 1 is 0.690 bits per heavy atom. The van der Waals surface area contributed by atoms with Gasteiger partial charge in [-0.15, -0.1) is 0 Å². The van der Waals surface area contributed by atoms with Crippen LogP contribution in [0.4, 0.5) is 0 Å². The molecule has 0 aliphatic carbocycles. The van der Waals surface area contributed by atoms with Crippen molar-refractivity contribution in [3.8, 4) is 0 Å². The normalized spacial score (nSPS) is 43.8. The van der Waals surface area contributed by atoms with Gasteiger partial charge in [-0.2, -0.15) is 0 Å². The number of aliphatic hydroxyl groups excluding tert-OH is 4. The van der Waals surface area contributed by atoms with Gasteiger partial charge < -0.3 is 20.4 Å². The lowest BCUT2D eigenvalue weighted by atomic mass is 10.1. The zero-order chi connectivity index (χ0) is 21.5. The number of hydrogen-bond acceptors (Lipinski definition) is 4. The van der Waals surface area contributed by atoms with Crippen molar-refractivity contribution in [2.45, 2.75) is 81.7 Å². The molecule has 4 nitrogen and oxygen atoms in total. The Morgan fingerprint density at radius 3 is 1.45 bits per heavy atom. The highest BCUT2D eigenvalue weighted by atomic mass is 31.1. The molecule has 0 saturated carbocycles. The summed E-state index contributed by atoms with van der Waals surface area (Å²) < 4.78 is 0. The number of aliphatic hydroxyl groups is 4. The van der Waals surface area contributed by atoms with Gasteiger partial charge in [-0.05, 0) is 29.2 Å². The highest BCUT2D eigenvalue weighted by Crippen LogP contribution is 2.71. The average molecular weight is 436 g/mol. The first kappa shape index (κ1) is 23.1. The van der Waals surface area contributed by atoms with Gasteiger partial charge in [0.1, 0.15) is 0 Å². The van der Waals surface area contributed by atoms with E-state index in [1.165, 1.54) is 10.6 Å². The molecule has 2 fully saturated rings. The molecule has 3 rings (SSSR count). The Balaban J connectivity index is 2.12. The Labute approximate surface area is 176 Å². The number of allylic oxidation sites excluding steroid dienone is 3. The van der Waals surface area contributed by atoms with Crippen LogP contribution in [-0.2, 0) is 0 Å². The lowest BCUT2D eigenvalue weighted by Crippen LogP contribution is -2.30. The van der Waals surface area contributed by atoms with Gasteiger partial charge in [0.05, 0.1) is 24.4 Å². The van der Waals surface area contributed by atoms with Gasteiger partial charge in [0.15, 0.2) is 0 Å². The van der Waals surface area contributed by atoms with Gasteiger partial charge in [-0.3, -0.25) is 0 Å². The van der Waals surface area contributed by atoms with Crippen LogP contribution in [0.1, 0.15) is 40.2 Å². The zero-order valence-corrected chi connectivity index (χ0v) is 19.6. The molecule has 0 aromatic heterocycles. The highest BCUT2D eigenvalue weighted by molar-refractivity contribution is 7.70. The third-order valence-corrected chi connectivity index (χ3v) is 13.5. The number of benzene rings is 1.